The summed E-state index contributed by atoms with van der Waals surface area (Å²) >= 11 is 0. The van der Waals surface area contributed by atoms with Crippen molar-refractivity contribution >= 4 is 28.4 Å². The van der Waals surface area contributed by atoms with Crippen LogP contribution in [0, 0.1) is 0 Å². The molecule has 0 bridgehead atoms. The first kappa shape index (κ1) is 17.5. The van der Waals surface area contributed by atoms with E-state index in [2.05, 4.69) is 22.4 Å². The normalized spacial score (nSPS) is 11.0. The monoisotopic (exact) mass is 370 g/mol. The molecule has 138 valence electrons. The van der Waals surface area contributed by atoms with Gasteiger partial charge in [0.05, 0.1) is 18.9 Å². The number of rotatable bonds is 5. The van der Waals surface area contributed by atoms with E-state index in [-0.39, 0.29) is 5.91 Å². The second-order valence-electron chi connectivity index (χ2n) is 6.17. The van der Waals surface area contributed by atoms with Gasteiger partial charge in [0.2, 0.25) is 5.91 Å². The molecule has 0 aliphatic rings. The van der Waals surface area contributed by atoms with Gasteiger partial charge in [-0.05, 0) is 34.5 Å². The SMILES string of the molecule is COc1cc(NC(=O)C=Cc2cccc3ccccc23)ccc1-c1cnco1. The molecule has 0 atom stereocenters. The highest BCUT2D eigenvalue weighted by Gasteiger charge is 2.10. The van der Waals surface area contributed by atoms with Crippen molar-refractivity contribution in [1.29, 1.82) is 0 Å². The van der Waals surface area contributed by atoms with E-state index in [0.717, 1.165) is 21.9 Å². The Balaban J connectivity index is 1.53. The molecule has 0 radical (unpaired) electrons. The standard InChI is InChI=1S/C23H18N2O3/c1-27-21-13-18(10-11-20(21)22-14-24-15-28-22)25-23(26)12-9-17-7-4-6-16-5-2-3-8-19(16)17/h2-15H,1H3,(H,25,26). The van der Waals surface area contributed by atoms with Crippen LogP contribution < -0.4 is 10.1 Å². The van der Waals surface area contributed by atoms with Gasteiger partial charge in [0, 0.05) is 17.8 Å². The molecule has 3 aromatic carbocycles. The topological polar surface area (TPSA) is 64.4 Å². The minimum Gasteiger partial charge on any atom is -0.496 e. The van der Waals surface area contributed by atoms with Crippen molar-refractivity contribution in [3.05, 3.63) is 84.9 Å². The summed E-state index contributed by atoms with van der Waals surface area (Å²) in [5.74, 6) is 0.973. The van der Waals surface area contributed by atoms with Gasteiger partial charge >= 0.3 is 0 Å². The van der Waals surface area contributed by atoms with Gasteiger partial charge < -0.3 is 14.5 Å². The smallest absolute Gasteiger partial charge is 0.248 e. The van der Waals surface area contributed by atoms with Gasteiger partial charge in [0.15, 0.2) is 12.2 Å². The van der Waals surface area contributed by atoms with Crippen LogP contribution in [0.5, 0.6) is 5.75 Å². The fraction of sp³-hybridized carbons (Fsp3) is 0.0435. The van der Waals surface area contributed by atoms with Crippen LogP contribution in [-0.2, 0) is 4.79 Å². The molecule has 0 unspecified atom stereocenters. The molecule has 5 nitrogen and oxygen atoms in total. The number of nitrogens with one attached hydrogen (secondary N) is 1. The molecule has 5 heteroatoms. The third kappa shape index (κ3) is 3.64. The summed E-state index contributed by atoms with van der Waals surface area (Å²) < 4.78 is 10.7. The Hall–Kier alpha value is -3.86. The van der Waals surface area contributed by atoms with E-state index in [1.54, 1.807) is 25.4 Å². The van der Waals surface area contributed by atoms with Crippen LogP contribution in [0.2, 0.25) is 0 Å². The number of benzene rings is 3. The van der Waals surface area contributed by atoms with Crippen LogP contribution in [-0.4, -0.2) is 18.0 Å². The Morgan fingerprint density at radius 2 is 1.96 bits per heavy atom. The lowest BCUT2D eigenvalue weighted by Gasteiger charge is -2.09. The number of carbonyl (C=O) groups excluding carboxylic acids is 1. The van der Waals surface area contributed by atoms with E-state index in [1.807, 2.05) is 42.5 Å². The lowest BCUT2D eigenvalue weighted by Crippen LogP contribution is -2.07. The predicted octanol–water partition coefficient (Wildman–Crippen LogP) is 5.16. The molecule has 1 heterocycles. The molecular weight excluding hydrogens is 352 g/mol. The van der Waals surface area contributed by atoms with Crippen LogP contribution in [0.4, 0.5) is 5.69 Å². The van der Waals surface area contributed by atoms with E-state index in [1.165, 1.54) is 12.5 Å². The van der Waals surface area contributed by atoms with Gasteiger partial charge in [0.1, 0.15) is 5.75 Å². The highest BCUT2D eigenvalue weighted by Crippen LogP contribution is 2.32. The number of hydrogen-bond acceptors (Lipinski definition) is 4. The van der Waals surface area contributed by atoms with Gasteiger partial charge in [0.25, 0.3) is 0 Å². The summed E-state index contributed by atoms with van der Waals surface area (Å²) in [7, 11) is 1.57. The van der Waals surface area contributed by atoms with Gasteiger partial charge in [-0.1, -0.05) is 42.5 Å². The molecule has 0 spiro atoms. The lowest BCUT2D eigenvalue weighted by molar-refractivity contribution is -0.111. The zero-order valence-corrected chi connectivity index (χ0v) is 15.3. The number of amides is 1. The van der Waals surface area contributed by atoms with Crippen molar-refractivity contribution in [3.63, 3.8) is 0 Å². The second-order valence-corrected chi connectivity index (χ2v) is 6.17. The maximum Gasteiger partial charge on any atom is 0.248 e. The first-order valence-electron chi connectivity index (χ1n) is 8.78. The average molecular weight is 370 g/mol. The number of anilines is 1. The van der Waals surface area contributed by atoms with Crippen molar-refractivity contribution in [3.8, 4) is 17.1 Å². The molecule has 1 amide bonds. The second kappa shape index (κ2) is 7.80. The Bertz CT molecular complexity index is 1140. The Labute approximate surface area is 162 Å². The number of fused-ring (bicyclic) bond motifs is 1. The zero-order valence-electron chi connectivity index (χ0n) is 15.3. The predicted molar refractivity (Wildman–Crippen MR) is 110 cm³/mol. The van der Waals surface area contributed by atoms with E-state index < -0.39 is 0 Å². The van der Waals surface area contributed by atoms with Crippen LogP contribution in [0.1, 0.15) is 5.56 Å². The van der Waals surface area contributed by atoms with Gasteiger partial charge in [-0.2, -0.15) is 0 Å². The zero-order chi connectivity index (χ0) is 19.3. The lowest BCUT2D eigenvalue weighted by atomic mass is 10.0. The highest BCUT2D eigenvalue weighted by atomic mass is 16.5. The molecule has 1 N–H and O–H groups in total. The molecular formula is C23H18N2O3. The fourth-order valence-corrected chi connectivity index (χ4v) is 3.07. The number of nitrogens with zero attached hydrogens (tertiary/aromatic N) is 1. The van der Waals surface area contributed by atoms with Crippen LogP contribution in [0.25, 0.3) is 28.2 Å². The summed E-state index contributed by atoms with van der Waals surface area (Å²) in [4.78, 5) is 16.3. The number of ether oxygens (including phenoxy) is 1. The first-order valence-corrected chi connectivity index (χ1v) is 8.78. The molecule has 0 aliphatic carbocycles. The largest absolute Gasteiger partial charge is 0.496 e. The minimum absolute atomic E-state index is 0.220. The third-order valence-corrected chi connectivity index (χ3v) is 4.40. The average Bonchev–Trinajstić information content (AvgIpc) is 3.26. The number of aromatic nitrogens is 1. The summed E-state index contributed by atoms with van der Waals surface area (Å²) in [6.45, 7) is 0. The summed E-state index contributed by atoms with van der Waals surface area (Å²) in [5.41, 5.74) is 2.39. The molecule has 4 rings (SSSR count). The third-order valence-electron chi connectivity index (χ3n) is 4.40. The van der Waals surface area contributed by atoms with Gasteiger partial charge in [-0.3, -0.25) is 4.79 Å². The molecule has 28 heavy (non-hydrogen) atoms. The highest BCUT2D eigenvalue weighted by molar-refractivity contribution is 6.03. The maximum absolute atomic E-state index is 12.4. The van der Waals surface area contributed by atoms with Crippen LogP contribution in [0.15, 0.2) is 83.7 Å². The van der Waals surface area contributed by atoms with E-state index in [4.69, 9.17) is 9.15 Å². The van der Waals surface area contributed by atoms with Gasteiger partial charge in [-0.25, -0.2) is 4.98 Å². The molecule has 0 aliphatic heterocycles. The van der Waals surface area contributed by atoms with Crippen molar-refractivity contribution in [2.24, 2.45) is 0 Å². The van der Waals surface area contributed by atoms with Crippen LogP contribution in [0.3, 0.4) is 0 Å². The maximum atomic E-state index is 12.4. The fourth-order valence-electron chi connectivity index (χ4n) is 3.07. The molecule has 4 aromatic rings. The Kier molecular flexibility index (Phi) is 4.89. The summed E-state index contributed by atoms with van der Waals surface area (Å²) in [6, 6.07) is 19.5. The van der Waals surface area contributed by atoms with Crippen LogP contribution >= 0.6 is 0 Å². The molecule has 0 fully saturated rings. The minimum atomic E-state index is -0.220. The number of methoxy groups -OCH3 is 1. The van der Waals surface area contributed by atoms with Gasteiger partial charge in [-0.15, -0.1) is 0 Å². The molecule has 0 saturated carbocycles. The number of hydrogen-bond donors (Lipinski definition) is 1. The van der Waals surface area contributed by atoms with Crippen molar-refractivity contribution in [2.45, 2.75) is 0 Å². The van der Waals surface area contributed by atoms with Crippen molar-refractivity contribution < 1.29 is 13.9 Å². The van der Waals surface area contributed by atoms with E-state index in [0.29, 0.717) is 17.2 Å². The Morgan fingerprint density at radius 3 is 2.79 bits per heavy atom. The van der Waals surface area contributed by atoms with E-state index >= 15 is 0 Å². The Morgan fingerprint density at radius 1 is 1.11 bits per heavy atom. The quantitative estimate of drug-likeness (QED) is 0.493. The summed E-state index contributed by atoms with van der Waals surface area (Å²) in [6.07, 6.45) is 6.32. The number of oxazole rings is 1. The van der Waals surface area contributed by atoms with Crippen molar-refractivity contribution in [1.82, 2.24) is 4.98 Å². The first-order chi connectivity index (χ1) is 13.7. The van der Waals surface area contributed by atoms with Crippen molar-refractivity contribution in [2.75, 3.05) is 12.4 Å². The molecule has 1 aromatic heterocycles. The number of carbonyl (C=O) groups is 1. The summed E-state index contributed by atoms with van der Waals surface area (Å²) in [5, 5.41) is 5.10. The van der Waals surface area contributed by atoms with E-state index in [9.17, 15) is 4.79 Å². The molecule has 0 saturated heterocycles.